The van der Waals surface area contributed by atoms with Crippen LogP contribution in [0.2, 0.25) is 0 Å². The van der Waals surface area contributed by atoms with Crippen molar-refractivity contribution in [3.8, 4) is 0 Å². The minimum Gasteiger partial charge on any atom is -0.376 e. The molecule has 0 bridgehead atoms. The van der Waals surface area contributed by atoms with Crippen molar-refractivity contribution < 1.29 is 4.74 Å². The number of aliphatic imine (C=N–C) groups is 1. The van der Waals surface area contributed by atoms with Gasteiger partial charge in [0.15, 0.2) is 5.96 Å². The van der Waals surface area contributed by atoms with E-state index in [0.29, 0.717) is 12.1 Å². The smallest absolute Gasteiger partial charge is 0.191 e. The number of ether oxygens (including phenoxy) is 1. The van der Waals surface area contributed by atoms with Crippen LogP contribution in [0.3, 0.4) is 0 Å². The second-order valence-corrected chi connectivity index (χ2v) is 7.93. The van der Waals surface area contributed by atoms with Crippen molar-refractivity contribution in [2.24, 2.45) is 4.99 Å². The zero-order valence-corrected chi connectivity index (χ0v) is 18.9. The highest BCUT2D eigenvalue weighted by atomic mass is 127. The third-order valence-corrected chi connectivity index (χ3v) is 5.79. The van der Waals surface area contributed by atoms with Gasteiger partial charge in [-0.05, 0) is 45.4 Å². The maximum absolute atomic E-state index is 6.06. The van der Waals surface area contributed by atoms with Crippen LogP contribution in [-0.2, 0) is 4.74 Å². The van der Waals surface area contributed by atoms with Crippen molar-refractivity contribution in [3.05, 3.63) is 0 Å². The van der Waals surface area contributed by atoms with E-state index in [1.54, 1.807) is 0 Å². The van der Waals surface area contributed by atoms with Gasteiger partial charge in [-0.15, -0.1) is 24.0 Å². The standard InChI is InChI=1S/C20H38N4O.HI/c1-2-21-20(22-13-16-25-19-7-5-3-4-6-8-19)23-17-11-14-24(15-12-17)18-9-10-18;/h17-19H,2-16H2,1H3,(H2,21,22,23);1H. The topological polar surface area (TPSA) is 48.9 Å². The van der Waals surface area contributed by atoms with Gasteiger partial charge in [0.2, 0.25) is 0 Å². The molecule has 6 heteroatoms. The largest absolute Gasteiger partial charge is 0.376 e. The molecule has 0 aromatic carbocycles. The highest BCUT2D eigenvalue weighted by Crippen LogP contribution is 2.29. The lowest BCUT2D eigenvalue weighted by Gasteiger charge is -2.33. The lowest BCUT2D eigenvalue weighted by Crippen LogP contribution is -2.49. The van der Waals surface area contributed by atoms with E-state index in [1.807, 2.05) is 0 Å². The molecule has 0 aromatic heterocycles. The van der Waals surface area contributed by atoms with Gasteiger partial charge in [-0.3, -0.25) is 4.99 Å². The molecule has 2 aliphatic carbocycles. The van der Waals surface area contributed by atoms with Crippen LogP contribution < -0.4 is 10.6 Å². The lowest BCUT2D eigenvalue weighted by molar-refractivity contribution is 0.0487. The first-order valence-electron chi connectivity index (χ1n) is 10.8. The van der Waals surface area contributed by atoms with Crippen LogP contribution in [0.1, 0.15) is 71.1 Å². The summed E-state index contributed by atoms with van der Waals surface area (Å²) in [7, 11) is 0. The molecule has 0 amide bonds. The number of nitrogens with one attached hydrogen (secondary N) is 2. The first-order chi connectivity index (χ1) is 12.3. The van der Waals surface area contributed by atoms with Gasteiger partial charge in [0.25, 0.3) is 0 Å². The molecular weight excluding hydrogens is 439 g/mol. The fourth-order valence-electron chi connectivity index (χ4n) is 4.15. The summed E-state index contributed by atoms with van der Waals surface area (Å²) in [5.41, 5.74) is 0. The van der Waals surface area contributed by atoms with Gasteiger partial charge < -0.3 is 20.3 Å². The molecule has 0 unspecified atom stereocenters. The van der Waals surface area contributed by atoms with Crippen LogP contribution in [0.5, 0.6) is 0 Å². The Morgan fingerprint density at radius 1 is 1.00 bits per heavy atom. The fraction of sp³-hybridized carbons (Fsp3) is 0.950. The molecule has 26 heavy (non-hydrogen) atoms. The van der Waals surface area contributed by atoms with E-state index in [4.69, 9.17) is 9.73 Å². The monoisotopic (exact) mass is 478 g/mol. The summed E-state index contributed by atoms with van der Waals surface area (Å²) in [6, 6.07) is 1.47. The maximum Gasteiger partial charge on any atom is 0.191 e. The molecule has 0 aromatic rings. The van der Waals surface area contributed by atoms with Crippen molar-refractivity contribution in [2.45, 2.75) is 89.3 Å². The second-order valence-electron chi connectivity index (χ2n) is 7.93. The Kier molecular flexibility index (Phi) is 10.6. The summed E-state index contributed by atoms with van der Waals surface area (Å²) in [4.78, 5) is 7.41. The van der Waals surface area contributed by atoms with Crippen LogP contribution in [0.4, 0.5) is 0 Å². The zero-order valence-electron chi connectivity index (χ0n) is 16.5. The van der Waals surface area contributed by atoms with Crippen molar-refractivity contribution in [1.29, 1.82) is 0 Å². The molecule has 0 radical (unpaired) electrons. The molecule has 3 aliphatic rings. The predicted molar refractivity (Wildman–Crippen MR) is 120 cm³/mol. The summed E-state index contributed by atoms with van der Waals surface area (Å²) >= 11 is 0. The molecule has 3 rings (SSSR count). The van der Waals surface area contributed by atoms with Crippen molar-refractivity contribution in [3.63, 3.8) is 0 Å². The predicted octanol–water partition coefficient (Wildman–Crippen LogP) is 3.53. The highest BCUT2D eigenvalue weighted by Gasteiger charge is 2.31. The number of hydrogen-bond acceptors (Lipinski definition) is 3. The molecule has 2 saturated carbocycles. The Bertz CT molecular complexity index is 401. The minimum absolute atomic E-state index is 0. The number of hydrogen-bond donors (Lipinski definition) is 2. The van der Waals surface area contributed by atoms with E-state index < -0.39 is 0 Å². The quantitative estimate of drug-likeness (QED) is 0.193. The summed E-state index contributed by atoms with van der Waals surface area (Å²) in [5.74, 6) is 0.969. The Morgan fingerprint density at radius 3 is 2.31 bits per heavy atom. The van der Waals surface area contributed by atoms with Crippen LogP contribution >= 0.6 is 24.0 Å². The number of piperidine rings is 1. The average molecular weight is 478 g/mol. The normalized spacial score (nSPS) is 24.0. The van der Waals surface area contributed by atoms with Crippen molar-refractivity contribution in [1.82, 2.24) is 15.5 Å². The third-order valence-electron chi connectivity index (χ3n) is 5.79. The van der Waals surface area contributed by atoms with E-state index in [0.717, 1.165) is 31.7 Å². The fourth-order valence-corrected chi connectivity index (χ4v) is 4.15. The SMILES string of the molecule is CCNC(=NCCOC1CCCCCC1)NC1CCN(C2CC2)CC1.I. The number of halogens is 1. The Morgan fingerprint density at radius 2 is 1.69 bits per heavy atom. The molecule has 0 atom stereocenters. The first kappa shape index (κ1) is 22.2. The molecule has 5 nitrogen and oxygen atoms in total. The zero-order chi connectivity index (χ0) is 17.3. The lowest BCUT2D eigenvalue weighted by atomic mass is 10.1. The molecular formula is C20H39IN4O. The average Bonchev–Trinajstić information content (AvgIpc) is 3.47. The van der Waals surface area contributed by atoms with E-state index in [-0.39, 0.29) is 24.0 Å². The van der Waals surface area contributed by atoms with E-state index in [9.17, 15) is 0 Å². The second kappa shape index (κ2) is 12.4. The van der Waals surface area contributed by atoms with Gasteiger partial charge in [0, 0.05) is 31.7 Å². The van der Waals surface area contributed by atoms with Crippen LogP contribution in [0.25, 0.3) is 0 Å². The van der Waals surface area contributed by atoms with Crippen LogP contribution in [0.15, 0.2) is 4.99 Å². The maximum atomic E-state index is 6.06. The molecule has 0 spiro atoms. The van der Waals surface area contributed by atoms with Gasteiger partial charge in [0.1, 0.15) is 0 Å². The highest BCUT2D eigenvalue weighted by molar-refractivity contribution is 14.0. The van der Waals surface area contributed by atoms with Gasteiger partial charge in [-0.1, -0.05) is 25.7 Å². The van der Waals surface area contributed by atoms with Crippen LogP contribution in [0, 0.1) is 0 Å². The molecule has 1 aliphatic heterocycles. The van der Waals surface area contributed by atoms with Crippen molar-refractivity contribution in [2.75, 3.05) is 32.8 Å². The Balaban J connectivity index is 0.00000243. The van der Waals surface area contributed by atoms with Gasteiger partial charge in [-0.25, -0.2) is 0 Å². The number of guanidine groups is 1. The van der Waals surface area contributed by atoms with Gasteiger partial charge in [0.05, 0.1) is 19.3 Å². The molecule has 1 saturated heterocycles. The summed E-state index contributed by atoms with van der Waals surface area (Å²) in [5, 5.41) is 7.04. The third kappa shape index (κ3) is 7.89. The summed E-state index contributed by atoms with van der Waals surface area (Å²) < 4.78 is 6.06. The van der Waals surface area contributed by atoms with Crippen LogP contribution in [-0.4, -0.2) is 61.8 Å². The van der Waals surface area contributed by atoms with Gasteiger partial charge >= 0.3 is 0 Å². The number of likely N-dealkylation sites (tertiary alicyclic amines) is 1. The minimum atomic E-state index is 0. The number of nitrogens with zero attached hydrogens (tertiary/aromatic N) is 2. The Labute approximate surface area is 177 Å². The van der Waals surface area contributed by atoms with E-state index in [1.165, 1.54) is 77.3 Å². The summed E-state index contributed by atoms with van der Waals surface area (Å²) in [6.07, 6.45) is 13.7. The first-order valence-corrected chi connectivity index (χ1v) is 10.8. The van der Waals surface area contributed by atoms with E-state index in [2.05, 4.69) is 22.5 Å². The summed E-state index contributed by atoms with van der Waals surface area (Å²) in [6.45, 7) is 7.04. The van der Waals surface area contributed by atoms with Gasteiger partial charge in [-0.2, -0.15) is 0 Å². The molecule has 1 heterocycles. The molecule has 2 N–H and O–H groups in total. The Hall–Kier alpha value is -0.0800. The van der Waals surface area contributed by atoms with E-state index >= 15 is 0 Å². The van der Waals surface area contributed by atoms with Crippen molar-refractivity contribution >= 4 is 29.9 Å². The molecule has 3 fully saturated rings. The molecule has 152 valence electrons. The number of rotatable bonds is 7.